The molecule has 0 aliphatic carbocycles. The van der Waals surface area contributed by atoms with Crippen LogP contribution in [0.25, 0.3) is 0 Å². The number of hydrogen-bond donors (Lipinski definition) is 1. The zero-order valence-corrected chi connectivity index (χ0v) is 15.9. The Morgan fingerprint density at radius 2 is 1.46 bits per heavy atom. The maximum atomic E-state index is 6.02. The molecule has 0 aliphatic heterocycles. The minimum atomic E-state index is 0.647. The van der Waals surface area contributed by atoms with Crippen LogP contribution in [0, 0.1) is 0 Å². The van der Waals surface area contributed by atoms with Crippen molar-refractivity contribution >= 4 is 28.9 Å². The third-order valence-corrected chi connectivity index (χ3v) is 4.43. The van der Waals surface area contributed by atoms with Gasteiger partial charge >= 0.3 is 0 Å². The van der Waals surface area contributed by atoms with E-state index in [1.54, 1.807) is 6.07 Å². The first-order valence-electron chi connectivity index (χ1n) is 8.65. The first-order valence-corrected chi connectivity index (χ1v) is 9.40. The maximum absolute atomic E-state index is 6.02. The van der Waals surface area contributed by atoms with Gasteiger partial charge < -0.3 is 10.1 Å². The minimum absolute atomic E-state index is 0.647. The zero-order valence-electron chi connectivity index (χ0n) is 14.4. The number of halogens is 2. The molecule has 4 heteroatoms. The number of benzene rings is 3. The molecule has 3 aromatic rings. The molecule has 134 valence electrons. The van der Waals surface area contributed by atoms with Crippen LogP contribution >= 0.6 is 23.2 Å². The molecule has 0 spiro atoms. The normalized spacial score (nSPS) is 10.5. The van der Waals surface area contributed by atoms with Crippen LogP contribution in [0.1, 0.15) is 17.5 Å². The van der Waals surface area contributed by atoms with Crippen molar-refractivity contribution in [2.75, 3.05) is 11.9 Å². The molecule has 0 saturated heterocycles. The van der Waals surface area contributed by atoms with Crippen molar-refractivity contribution in [1.82, 2.24) is 0 Å². The Balaban J connectivity index is 1.43. The second-order valence-corrected chi connectivity index (χ2v) is 6.97. The number of anilines is 1. The van der Waals surface area contributed by atoms with Crippen LogP contribution in [0.3, 0.4) is 0 Å². The summed E-state index contributed by atoms with van der Waals surface area (Å²) >= 11 is 12.0. The van der Waals surface area contributed by atoms with Gasteiger partial charge in [0.1, 0.15) is 5.75 Å². The molecule has 3 aromatic carbocycles. The zero-order chi connectivity index (χ0) is 18.2. The van der Waals surface area contributed by atoms with Crippen molar-refractivity contribution in [3.05, 3.63) is 94.0 Å². The number of hydrogen-bond acceptors (Lipinski definition) is 2. The Hall–Kier alpha value is -2.16. The number of ether oxygens (including phenoxy) is 1. The van der Waals surface area contributed by atoms with Crippen LogP contribution in [0.5, 0.6) is 5.75 Å². The lowest BCUT2D eigenvalue weighted by Crippen LogP contribution is -2.01. The summed E-state index contributed by atoms with van der Waals surface area (Å²) < 4.78 is 5.81. The first-order chi connectivity index (χ1) is 12.7. The molecular weight excluding hydrogens is 365 g/mol. The molecule has 0 unspecified atom stereocenters. The predicted octanol–water partition coefficient (Wildman–Crippen LogP) is 6.62. The van der Waals surface area contributed by atoms with E-state index in [0.29, 0.717) is 23.2 Å². The van der Waals surface area contributed by atoms with E-state index in [9.17, 15) is 0 Å². The quantitative estimate of drug-likeness (QED) is 0.440. The first kappa shape index (κ1) is 18.6. The monoisotopic (exact) mass is 385 g/mol. The van der Waals surface area contributed by atoms with Crippen LogP contribution in [0.15, 0.2) is 72.8 Å². The van der Waals surface area contributed by atoms with E-state index >= 15 is 0 Å². The van der Waals surface area contributed by atoms with Gasteiger partial charge in [-0.2, -0.15) is 0 Å². The summed E-state index contributed by atoms with van der Waals surface area (Å²) in [6.07, 6.45) is 2.03. The molecule has 0 radical (unpaired) electrons. The lowest BCUT2D eigenvalue weighted by atomic mass is 10.1. The number of rotatable bonds is 8. The molecule has 0 atom stereocenters. The van der Waals surface area contributed by atoms with E-state index in [0.717, 1.165) is 29.8 Å². The van der Waals surface area contributed by atoms with E-state index in [2.05, 4.69) is 29.6 Å². The van der Waals surface area contributed by atoms with Crippen LogP contribution < -0.4 is 10.1 Å². The Bertz CT molecular complexity index is 799. The van der Waals surface area contributed by atoms with Gasteiger partial charge in [0, 0.05) is 22.3 Å². The van der Waals surface area contributed by atoms with Crippen molar-refractivity contribution in [1.29, 1.82) is 0 Å². The van der Waals surface area contributed by atoms with Crippen molar-refractivity contribution in [3.63, 3.8) is 0 Å². The van der Waals surface area contributed by atoms with Crippen molar-refractivity contribution in [3.8, 4) is 5.75 Å². The Morgan fingerprint density at radius 1 is 0.769 bits per heavy atom. The van der Waals surface area contributed by atoms with Gasteiger partial charge in [-0.25, -0.2) is 0 Å². The highest BCUT2D eigenvalue weighted by Gasteiger charge is 2.00. The highest BCUT2D eigenvalue weighted by Crippen LogP contribution is 2.21. The highest BCUT2D eigenvalue weighted by molar-refractivity contribution is 6.34. The van der Waals surface area contributed by atoms with Crippen molar-refractivity contribution in [2.24, 2.45) is 0 Å². The van der Waals surface area contributed by atoms with E-state index in [1.807, 2.05) is 42.5 Å². The van der Waals surface area contributed by atoms with E-state index in [-0.39, 0.29) is 0 Å². The minimum Gasteiger partial charge on any atom is -0.494 e. The second-order valence-electron chi connectivity index (χ2n) is 6.09. The van der Waals surface area contributed by atoms with E-state index in [1.165, 1.54) is 5.56 Å². The van der Waals surface area contributed by atoms with E-state index in [4.69, 9.17) is 27.9 Å². The maximum Gasteiger partial charge on any atom is 0.119 e. The van der Waals surface area contributed by atoms with Gasteiger partial charge in [-0.15, -0.1) is 0 Å². The fourth-order valence-corrected chi connectivity index (χ4v) is 3.27. The van der Waals surface area contributed by atoms with Crippen molar-refractivity contribution < 1.29 is 4.74 Å². The predicted molar refractivity (Wildman–Crippen MR) is 110 cm³/mol. The van der Waals surface area contributed by atoms with Gasteiger partial charge in [-0.1, -0.05) is 53.5 Å². The SMILES string of the molecule is Clc1cc(Cl)cc(CNc2ccc(OCCCc3ccccc3)cc2)c1. The Kier molecular flexibility index (Phi) is 6.82. The molecule has 0 aromatic heterocycles. The van der Waals surface area contributed by atoms with Gasteiger partial charge in [-0.3, -0.25) is 0 Å². The van der Waals surface area contributed by atoms with E-state index < -0.39 is 0 Å². The highest BCUT2D eigenvalue weighted by atomic mass is 35.5. The van der Waals surface area contributed by atoms with Crippen LogP contribution in [-0.4, -0.2) is 6.61 Å². The van der Waals surface area contributed by atoms with Gasteiger partial charge in [0.25, 0.3) is 0 Å². The lowest BCUT2D eigenvalue weighted by molar-refractivity contribution is 0.311. The summed E-state index contributed by atoms with van der Waals surface area (Å²) in [4.78, 5) is 0. The van der Waals surface area contributed by atoms with Crippen LogP contribution in [-0.2, 0) is 13.0 Å². The molecular formula is C22H21Cl2NO. The molecule has 0 heterocycles. The van der Waals surface area contributed by atoms with Gasteiger partial charge in [0.2, 0.25) is 0 Å². The van der Waals surface area contributed by atoms with Crippen LogP contribution in [0.2, 0.25) is 10.0 Å². The average Bonchev–Trinajstić information content (AvgIpc) is 2.65. The summed E-state index contributed by atoms with van der Waals surface area (Å²) in [5.74, 6) is 0.884. The second kappa shape index (κ2) is 9.51. The largest absolute Gasteiger partial charge is 0.494 e. The molecule has 26 heavy (non-hydrogen) atoms. The number of aryl methyl sites for hydroxylation is 1. The van der Waals surface area contributed by atoms with Gasteiger partial charge in [-0.05, 0) is 66.4 Å². The third-order valence-electron chi connectivity index (χ3n) is 3.99. The Morgan fingerprint density at radius 3 is 2.15 bits per heavy atom. The third kappa shape index (κ3) is 5.98. The smallest absolute Gasteiger partial charge is 0.119 e. The summed E-state index contributed by atoms with van der Waals surface area (Å²) in [6.45, 7) is 1.38. The molecule has 3 rings (SSSR count). The fourth-order valence-electron chi connectivity index (χ4n) is 2.70. The molecule has 0 fully saturated rings. The summed E-state index contributed by atoms with van der Waals surface area (Å²) in [6, 6.07) is 24.0. The lowest BCUT2D eigenvalue weighted by Gasteiger charge is -2.10. The Labute approximate surface area is 164 Å². The van der Waals surface area contributed by atoms with Gasteiger partial charge in [0.05, 0.1) is 6.61 Å². The standard InChI is InChI=1S/C22H21Cl2NO/c23-19-13-18(14-20(24)15-19)16-25-21-8-10-22(11-9-21)26-12-4-7-17-5-2-1-3-6-17/h1-3,5-6,8-11,13-15,25H,4,7,12,16H2. The van der Waals surface area contributed by atoms with Crippen LogP contribution in [0.4, 0.5) is 5.69 Å². The van der Waals surface area contributed by atoms with Crippen molar-refractivity contribution in [2.45, 2.75) is 19.4 Å². The van der Waals surface area contributed by atoms with Gasteiger partial charge in [0.15, 0.2) is 0 Å². The molecule has 1 N–H and O–H groups in total. The fraction of sp³-hybridized carbons (Fsp3) is 0.182. The topological polar surface area (TPSA) is 21.3 Å². The molecule has 0 bridgehead atoms. The average molecular weight is 386 g/mol. The molecule has 0 amide bonds. The summed E-state index contributed by atoms with van der Waals surface area (Å²) in [5.41, 5.74) is 3.42. The summed E-state index contributed by atoms with van der Waals surface area (Å²) in [5, 5.41) is 4.65. The molecule has 0 saturated carbocycles. The molecule has 0 aliphatic rings. The molecule has 2 nitrogen and oxygen atoms in total. The number of nitrogens with one attached hydrogen (secondary N) is 1. The summed E-state index contributed by atoms with van der Waals surface area (Å²) in [7, 11) is 0.